The highest BCUT2D eigenvalue weighted by Gasteiger charge is 2.51. The molecule has 30 heavy (non-hydrogen) atoms. The summed E-state index contributed by atoms with van der Waals surface area (Å²) in [6.45, 7) is 0.580. The highest BCUT2D eigenvalue weighted by Crippen LogP contribution is 2.53. The van der Waals surface area contributed by atoms with Crippen LogP contribution in [0, 0.1) is 5.41 Å². The fraction of sp³-hybridized carbons (Fsp3) is 0.435. The summed E-state index contributed by atoms with van der Waals surface area (Å²) in [4.78, 5) is 11.9. The van der Waals surface area contributed by atoms with Crippen LogP contribution in [0.3, 0.4) is 0 Å². The molecule has 0 atom stereocenters. The number of carbonyl (C=O) groups is 1. The number of methoxy groups -OCH3 is 1. The van der Waals surface area contributed by atoms with E-state index in [1.165, 1.54) is 7.11 Å². The Hall–Kier alpha value is -2.22. The van der Waals surface area contributed by atoms with Crippen molar-refractivity contribution in [2.24, 2.45) is 5.41 Å². The summed E-state index contributed by atoms with van der Waals surface area (Å²) < 4.78 is 41.4. The number of fused-ring (bicyclic) bond motifs is 3. The van der Waals surface area contributed by atoms with Crippen molar-refractivity contribution in [2.45, 2.75) is 37.0 Å². The van der Waals surface area contributed by atoms with Gasteiger partial charge in [-0.2, -0.15) is 8.42 Å². The zero-order chi connectivity index (χ0) is 21.2. The maximum Gasteiger partial charge on any atom is 0.337 e. The molecule has 7 heteroatoms. The summed E-state index contributed by atoms with van der Waals surface area (Å²) >= 11 is 0. The first-order chi connectivity index (χ1) is 14.4. The highest BCUT2D eigenvalue weighted by molar-refractivity contribution is 7.85. The van der Waals surface area contributed by atoms with Gasteiger partial charge in [0.1, 0.15) is 5.75 Å². The van der Waals surface area contributed by atoms with Gasteiger partial charge in [-0.05, 0) is 48.9 Å². The van der Waals surface area contributed by atoms with Gasteiger partial charge in [0.25, 0.3) is 10.1 Å². The van der Waals surface area contributed by atoms with Gasteiger partial charge in [0.15, 0.2) is 0 Å². The first kappa shape index (κ1) is 21.0. The quantitative estimate of drug-likeness (QED) is 0.491. The van der Waals surface area contributed by atoms with Crippen molar-refractivity contribution >= 4 is 16.1 Å². The Morgan fingerprint density at radius 2 is 1.77 bits per heavy atom. The van der Waals surface area contributed by atoms with E-state index in [0.29, 0.717) is 17.7 Å². The molecule has 2 aliphatic heterocycles. The van der Waals surface area contributed by atoms with E-state index in [9.17, 15) is 13.2 Å². The minimum Gasteiger partial charge on any atom is -0.465 e. The van der Waals surface area contributed by atoms with Gasteiger partial charge in [-0.25, -0.2) is 4.79 Å². The van der Waals surface area contributed by atoms with Crippen LogP contribution in [0.2, 0.25) is 0 Å². The van der Waals surface area contributed by atoms with Gasteiger partial charge in [0, 0.05) is 5.41 Å². The lowest BCUT2D eigenvalue weighted by Gasteiger charge is -2.53. The lowest BCUT2D eigenvalue weighted by atomic mass is 9.64. The second-order valence-corrected chi connectivity index (χ2v) is 9.94. The Labute approximate surface area is 177 Å². The van der Waals surface area contributed by atoms with Crippen LogP contribution in [0.1, 0.15) is 47.2 Å². The predicted octanol–water partition coefficient (Wildman–Crippen LogP) is 3.81. The average Bonchev–Trinajstić information content (AvgIpc) is 2.79. The van der Waals surface area contributed by atoms with E-state index in [-0.39, 0.29) is 23.7 Å². The molecule has 3 aliphatic rings. The molecule has 2 saturated heterocycles. The van der Waals surface area contributed by atoms with Crippen molar-refractivity contribution in [2.75, 3.05) is 20.3 Å². The van der Waals surface area contributed by atoms with Gasteiger partial charge in [0.05, 0.1) is 31.5 Å². The van der Waals surface area contributed by atoms with E-state index in [4.69, 9.17) is 13.7 Å². The molecule has 2 aromatic rings. The van der Waals surface area contributed by atoms with Crippen LogP contribution in [0.15, 0.2) is 54.6 Å². The summed E-state index contributed by atoms with van der Waals surface area (Å²) in [5, 5.41) is 0. The van der Waals surface area contributed by atoms with Crippen molar-refractivity contribution in [3.63, 3.8) is 0 Å². The van der Waals surface area contributed by atoms with Gasteiger partial charge < -0.3 is 9.47 Å². The van der Waals surface area contributed by atoms with Crippen LogP contribution >= 0.6 is 0 Å². The van der Waals surface area contributed by atoms with Crippen molar-refractivity contribution in [3.05, 3.63) is 71.3 Å². The largest absolute Gasteiger partial charge is 0.465 e. The molecule has 0 radical (unpaired) electrons. The predicted molar refractivity (Wildman–Crippen MR) is 111 cm³/mol. The van der Waals surface area contributed by atoms with E-state index in [0.717, 1.165) is 31.2 Å². The van der Waals surface area contributed by atoms with Gasteiger partial charge >= 0.3 is 5.97 Å². The highest BCUT2D eigenvalue weighted by atomic mass is 32.2. The molecule has 0 spiro atoms. The Morgan fingerprint density at radius 1 is 1.03 bits per heavy atom. The van der Waals surface area contributed by atoms with E-state index in [1.54, 1.807) is 18.2 Å². The molecular weight excluding hydrogens is 404 g/mol. The third kappa shape index (κ3) is 4.29. The topological polar surface area (TPSA) is 78.9 Å². The Kier molecular flexibility index (Phi) is 5.70. The summed E-state index contributed by atoms with van der Waals surface area (Å²) in [5.74, 6) is -0.499. The summed E-state index contributed by atoms with van der Waals surface area (Å²) in [6, 6.07) is 16.4. The van der Waals surface area contributed by atoms with Crippen LogP contribution < -0.4 is 0 Å². The number of rotatable bonds is 7. The Balaban J connectivity index is 1.41. The smallest absolute Gasteiger partial charge is 0.337 e. The Morgan fingerprint density at radius 3 is 2.40 bits per heavy atom. The van der Waals surface area contributed by atoms with Crippen LogP contribution in [-0.4, -0.2) is 34.7 Å². The summed E-state index contributed by atoms with van der Waals surface area (Å²) in [6.07, 6.45) is 3.16. The lowest BCUT2D eigenvalue weighted by Crippen LogP contribution is -2.51. The number of hydrogen-bond acceptors (Lipinski definition) is 6. The molecule has 1 aliphatic carbocycles. The van der Waals surface area contributed by atoms with Crippen molar-refractivity contribution in [1.82, 2.24) is 0 Å². The molecule has 0 aromatic heterocycles. The molecule has 160 valence electrons. The zero-order valence-electron chi connectivity index (χ0n) is 17.0. The SMILES string of the molecule is COC(=O)c1cccc(C23CCC(COS(=O)(=O)Cc4ccccc4)(CC2)CO3)c1. The van der Waals surface area contributed by atoms with Crippen molar-refractivity contribution < 1.29 is 26.9 Å². The maximum absolute atomic E-state index is 12.4. The molecule has 0 amide bonds. The number of benzene rings is 2. The molecule has 0 N–H and O–H groups in total. The Bertz CT molecular complexity index is 990. The molecule has 0 unspecified atom stereocenters. The zero-order valence-corrected chi connectivity index (χ0v) is 17.8. The van der Waals surface area contributed by atoms with Crippen molar-refractivity contribution in [3.8, 4) is 0 Å². The molecule has 6 nitrogen and oxygen atoms in total. The first-order valence-corrected chi connectivity index (χ1v) is 11.7. The van der Waals surface area contributed by atoms with E-state index >= 15 is 0 Å². The monoisotopic (exact) mass is 430 g/mol. The van der Waals surface area contributed by atoms with Crippen LogP contribution in [0.25, 0.3) is 0 Å². The first-order valence-electron chi connectivity index (χ1n) is 10.1. The number of hydrogen-bond donors (Lipinski definition) is 0. The second kappa shape index (κ2) is 8.13. The third-order valence-electron chi connectivity index (χ3n) is 6.31. The summed E-state index contributed by atoms with van der Waals surface area (Å²) in [7, 11) is -2.29. The van der Waals surface area contributed by atoms with Gasteiger partial charge in [-0.15, -0.1) is 0 Å². The molecule has 2 heterocycles. The number of esters is 1. The number of carbonyl (C=O) groups excluding carboxylic acids is 1. The van der Waals surface area contributed by atoms with E-state index in [2.05, 4.69) is 0 Å². The van der Waals surface area contributed by atoms with Gasteiger partial charge in [-0.3, -0.25) is 4.18 Å². The van der Waals surface area contributed by atoms with Crippen LogP contribution in [0.5, 0.6) is 0 Å². The van der Waals surface area contributed by atoms with Gasteiger partial charge in [-0.1, -0.05) is 42.5 Å². The molecule has 1 saturated carbocycles. The molecule has 5 rings (SSSR count). The second-order valence-electron chi connectivity index (χ2n) is 8.31. The molecule has 2 bridgehead atoms. The molecule has 2 aromatic carbocycles. The standard InChI is InChI=1S/C23H26O6S/c1-27-21(24)19-8-5-9-20(14-19)23-12-10-22(11-13-23,16-28-23)17-29-30(25,26)15-18-6-3-2-4-7-18/h2-9,14H,10-13,15-17H2,1H3. The van der Waals surface area contributed by atoms with Gasteiger partial charge in [0.2, 0.25) is 0 Å². The normalized spacial score (nSPS) is 25.8. The van der Waals surface area contributed by atoms with E-state index < -0.39 is 15.7 Å². The molecular formula is C23H26O6S. The number of ether oxygens (including phenoxy) is 2. The maximum atomic E-state index is 12.4. The lowest BCUT2D eigenvalue weighted by molar-refractivity contribution is -0.197. The fourth-order valence-electron chi connectivity index (χ4n) is 4.40. The minimum absolute atomic E-state index is 0.130. The van der Waals surface area contributed by atoms with Crippen molar-refractivity contribution in [1.29, 1.82) is 0 Å². The minimum atomic E-state index is -3.66. The van der Waals surface area contributed by atoms with E-state index in [1.807, 2.05) is 36.4 Å². The molecule has 3 fully saturated rings. The fourth-order valence-corrected chi connectivity index (χ4v) is 5.52. The van der Waals surface area contributed by atoms with Crippen LogP contribution in [-0.2, 0) is 35.1 Å². The van der Waals surface area contributed by atoms with Crippen LogP contribution in [0.4, 0.5) is 0 Å². The average molecular weight is 431 g/mol. The third-order valence-corrected chi connectivity index (χ3v) is 7.48. The summed E-state index contributed by atoms with van der Waals surface area (Å²) in [5.41, 5.74) is 1.46.